The molecule has 1 atom stereocenters. The van der Waals surface area contributed by atoms with Gasteiger partial charge < -0.3 is 9.47 Å². The zero-order chi connectivity index (χ0) is 22.3. The Hall–Kier alpha value is -2.28. The fourth-order valence-corrected chi connectivity index (χ4v) is 3.77. The lowest BCUT2D eigenvalue weighted by Gasteiger charge is -2.17. The van der Waals surface area contributed by atoms with E-state index >= 15 is 0 Å². The van der Waals surface area contributed by atoms with E-state index in [1.807, 2.05) is 32.9 Å². The van der Waals surface area contributed by atoms with Gasteiger partial charge in [-0.05, 0) is 87.6 Å². The SMILES string of the molecule is CCOC(=O)c1ccc(C(/C=C/CCCC(F)(F)F)Oc2cc(C)c(C)c(C)c2)s1. The summed E-state index contributed by atoms with van der Waals surface area (Å²) in [5, 5.41) is 0. The van der Waals surface area contributed by atoms with Gasteiger partial charge in [0.2, 0.25) is 0 Å². The standard InChI is InChI=1S/C23H27F3O3S/c1-5-28-22(27)21-11-10-20(30-21)19(9-7-6-8-12-23(24,25)26)29-18-13-15(2)17(4)16(3)14-18/h7,9-11,13-14,19H,5-6,8,12H2,1-4H3/b9-7+. The van der Waals surface area contributed by atoms with E-state index in [0.29, 0.717) is 17.0 Å². The van der Waals surface area contributed by atoms with Crippen molar-refractivity contribution >= 4 is 17.3 Å². The molecule has 0 N–H and O–H groups in total. The van der Waals surface area contributed by atoms with E-state index in [1.165, 1.54) is 16.9 Å². The van der Waals surface area contributed by atoms with Crippen molar-refractivity contribution in [2.24, 2.45) is 0 Å². The summed E-state index contributed by atoms with van der Waals surface area (Å²) >= 11 is 1.26. The van der Waals surface area contributed by atoms with E-state index in [0.717, 1.165) is 16.0 Å². The highest BCUT2D eigenvalue weighted by Gasteiger charge is 2.25. The number of halogens is 3. The van der Waals surface area contributed by atoms with Crippen molar-refractivity contribution in [3.8, 4) is 5.75 Å². The van der Waals surface area contributed by atoms with E-state index in [4.69, 9.17) is 9.47 Å². The maximum atomic E-state index is 12.4. The van der Waals surface area contributed by atoms with Crippen LogP contribution < -0.4 is 4.74 Å². The van der Waals surface area contributed by atoms with E-state index in [9.17, 15) is 18.0 Å². The van der Waals surface area contributed by atoms with Crippen molar-refractivity contribution in [1.29, 1.82) is 0 Å². The number of rotatable bonds is 9. The van der Waals surface area contributed by atoms with Gasteiger partial charge in [-0.25, -0.2) is 4.79 Å². The molecule has 0 aliphatic carbocycles. The molecule has 0 aliphatic heterocycles. The molecule has 1 unspecified atom stereocenters. The summed E-state index contributed by atoms with van der Waals surface area (Å²) in [5.74, 6) is 0.273. The van der Waals surface area contributed by atoms with Gasteiger partial charge >= 0.3 is 12.1 Å². The van der Waals surface area contributed by atoms with Gasteiger partial charge in [0.15, 0.2) is 6.10 Å². The van der Waals surface area contributed by atoms with Gasteiger partial charge in [0.25, 0.3) is 0 Å². The Kier molecular flexibility index (Phi) is 8.53. The predicted molar refractivity (Wildman–Crippen MR) is 113 cm³/mol. The molecule has 0 spiro atoms. The van der Waals surface area contributed by atoms with Crippen LogP contribution in [0.5, 0.6) is 5.75 Å². The van der Waals surface area contributed by atoms with Crippen molar-refractivity contribution in [3.05, 3.63) is 62.9 Å². The number of thiophene rings is 1. The Balaban J connectivity index is 2.21. The normalized spacial score (nSPS) is 12.9. The number of benzene rings is 1. The van der Waals surface area contributed by atoms with Crippen LogP contribution in [0.1, 0.15) is 63.5 Å². The zero-order valence-electron chi connectivity index (χ0n) is 17.6. The molecule has 2 aromatic rings. The topological polar surface area (TPSA) is 35.5 Å². The summed E-state index contributed by atoms with van der Waals surface area (Å²) in [4.78, 5) is 13.2. The van der Waals surface area contributed by atoms with E-state index < -0.39 is 24.7 Å². The maximum Gasteiger partial charge on any atom is 0.389 e. The Bertz CT molecular complexity index is 861. The van der Waals surface area contributed by atoms with Crippen molar-refractivity contribution in [2.75, 3.05) is 6.61 Å². The van der Waals surface area contributed by atoms with Crippen molar-refractivity contribution < 1.29 is 27.4 Å². The molecule has 3 nitrogen and oxygen atoms in total. The van der Waals surface area contributed by atoms with E-state index in [1.54, 1.807) is 31.2 Å². The molecule has 7 heteroatoms. The number of ether oxygens (including phenoxy) is 2. The molecular weight excluding hydrogens is 413 g/mol. The molecule has 0 radical (unpaired) electrons. The molecule has 0 saturated heterocycles. The average molecular weight is 441 g/mol. The third-order valence-corrected chi connectivity index (χ3v) is 5.82. The third kappa shape index (κ3) is 7.20. The second-order valence-electron chi connectivity index (χ2n) is 7.08. The smallest absolute Gasteiger partial charge is 0.389 e. The highest BCUT2D eigenvalue weighted by atomic mass is 32.1. The lowest BCUT2D eigenvalue weighted by atomic mass is 10.0. The second-order valence-corrected chi connectivity index (χ2v) is 8.19. The largest absolute Gasteiger partial charge is 0.481 e. The molecule has 2 rings (SSSR count). The van der Waals surface area contributed by atoms with Gasteiger partial charge in [-0.2, -0.15) is 13.2 Å². The molecular formula is C23H27F3O3S. The molecule has 0 fully saturated rings. The minimum atomic E-state index is -4.15. The monoisotopic (exact) mass is 440 g/mol. The van der Waals surface area contributed by atoms with Gasteiger partial charge in [0, 0.05) is 11.3 Å². The van der Waals surface area contributed by atoms with Crippen LogP contribution >= 0.6 is 11.3 Å². The number of carbonyl (C=O) groups excluding carboxylic acids is 1. The number of esters is 1. The highest BCUT2D eigenvalue weighted by Crippen LogP contribution is 2.31. The van der Waals surface area contributed by atoms with Gasteiger partial charge in [-0.3, -0.25) is 0 Å². The second kappa shape index (κ2) is 10.7. The van der Waals surface area contributed by atoms with Gasteiger partial charge in [0.1, 0.15) is 10.6 Å². The van der Waals surface area contributed by atoms with Crippen molar-refractivity contribution in [2.45, 2.75) is 59.2 Å². The minimum absolute atomic E-state index is 0.0218. The number of hydrogen-bond acceptors (Lipinski definition) is 4. The predicted octanol–water partition coefficient (Wildman–Crippen LogP) is 7.26. The van der Waals surface area contributed by atoms with Crippen LogP contribution in [0, 0.1) is 20.8 Å². The van der Waals surface area contributed by atoms with Crippen LogP contribution in [0.2, 0.25) is 0 Å². The number of aryl methyl sites for hydroxylation is 2. The van der Waals surface area contributed by atoms with E-state index in [2.05, 4.69) is 0 Å². The van der Waals surface area contributed by atoms with Crippen LogP contribution in [0.25, 0.3) is 0 Å². The zero-order valence-corrected chi connectivity index (χ0v) is 18.5. The van der Waals surface area contributed by atoms with E-state index in [-0.39, 0.29) is 13.0 Å². The Morgan fingerprint density at radius 2 is 1.83 bits per heavy atom. The lowest BCUT2D eigenvalue weighted by molar-refractivity contribution is -0.135. The summed E-state index contributed by atoms with van der Waals surface area (Å²) in [7, 11) is 0. The number of unbranched alkanes of at least 4 members (excludes halogenated alkanes) is 1. The van der Waals surface area contributed by atoms with Gasteiger partial charge in [-0.1, -0.05) is 6.08 Å². The first-order valence-corrected chi connectivity index (χ1v) is 10.7. The number of hydrogen-bond donors (Lipinski definition) is 0. The average Bonchev–Trinajstić information content (AvgIpc) is 3.14. The van der Waals surface area contributed by atoms with Gasteiger partial charge in [0.05, 0.1) is 6.61 Å². The van der Waals surface area contributed by atoms with Crippen molar-refractivity contribution in [1.82, 2.24) is 0 Å². The summed E-state index contributed by atoms with van der Waals surface area (Å²) in [6.45, 7) is 8.07. The van der Waals surface area contributed by atoms with Crippen LogP contribution in [-0.2, 0) is 4.74 Å². The van der Waals surface area contributed by atoms with Crippen molar-refractivity contribution in [3.63, 3.8) is 0 Å². The maximum absolute atomic E-state index is 12.4. The lowest BCUT2D eigenvalue weighted by Crippen LogP contribution is -2.06. The first-order valence-electron chi connectivity index (χ1n) is 9.85. The Morgan fingerprint density at radius 3 is 2.43 bits per heavy atom. The molecule has 1 heterocycles. The first-order chi connectivity index (χ1) is 14.1. The highest BCUT2D eigenvalue weighted by molar-refractivity contribution is 7.14. The Morgan fingerprint density at radius 1 is 1.17 bits per heavy atom. The number of carbonyl (C=O) groups is 1. The fourth-order valence-electron chi connectivity index (χ4n) is 2.86. The van der Waals surface area contributed by atoms with Crippen LogP contribution in [0.3, 0.4) is 0 Å². The molecule has 1 aromatic heterocycles. The molecule has 0 saturated carbocycles. The quantitative estimate of drug-likeness (QED) is 0.234. The molecule has 0 aliphatic rings. The van der Waals surface area contributed by atoms with Gasteiger partial charge in [-0.15, -0.1) is 11.3 Å². The van der Waals surface area contributed by atoms with Crippen LogP contribution in [-0.4, -0.2) is 18.8 Å². The Labute approximate surface area is 179 Å². The fraction of sp³-hybridized carbons (Fsp3) is 0.435. The third-order valence-electron chi connectivity index (χ3n) is 4.69. The summed E-state index contributed by atoms with van der Waals surface area (Å²) in [6, 6.07) is 7.34. The summed E-state index contributed by atoms with van der Waals surface area (Å²) in [6.07, 6.45) is -1.70. The molecule has 164 valence electrons. The molecule has 30 heavy (non-hydrogen) atoms. The summed E-state index contributed by atoms with van der Waals surface area (Å²) in [5.41, 5.74) is 3.37. The van der Waals surface area contributed by atoms with Crippen LogP contribution in [0.15, 0.2) is 36.4 Å². The number of alkyl halides is 3. The number of allylic oxidation sites excluding steroid dienone is 1. The van der Waals surface area contributed by atoms with Crippen LogP contribution in [0.4, 0.5) is 13.2 Å². The first kappa shape index (κ1) is 24.0. The molecule has 0 amide bonds. The minimum Gasteiger partial charge on any atom is -0.481 e. The molecule has 1 aromatic carbocycles. The summed E-state index contributed by atoms with van der Waals surface area (Å²) < 4.78 is 48.3. The molecule has 0 bridgehead atoms.